The third-order valence-corrected chi connectivity index (χ3v) is 6.34. The molecule has 210 valence electrons. The Bertz CT molecular complexity index is 1300. The number of aliphatic carboxylic acids is 1. The molecule has 0 spiro atoms. The first-order chi connectivity index (χ1) is 18.4. The summed E-state index contributed by atoms with van der Waals surface area (Å²) in [5, 5.41) is 35.5. The van der Waals surface area contributed by atoms with Crippen molar-refractivity contribution in [2.75, 3.05) is 7.05 Å². The second-order valence-corrected chi connectivity index (χ2v) is 9.77. The van der Waals surface area contributed by atoms with E-state index in [1.54, 1.807) is 0 Å². The molecule has 0 saturated heterocycles. The van der Waals surface area contributed by atoms with Gasteiger partial charge in [0.05, 0.1) is 24.4 Å². The predicted molar refractivity (Wildman–Crippen MR) is 134 cm³/mol. The molecule has 0 unspecified atom stereocenters. The number of halogens is 3. The molecule has 0 radical (unpaired) electrons. The predicted octanol–water partition coefficient (Wildman–Crippen LogP) is -0.126. The third-order valence-electron chi connectivity index (χ3n) is 6.34. The molecule has 1 aromatic heterocycles. The number of carbonyl (C=O) groups excluding carboxylic acids is 2. The summed E-state index contributed by atoms with van der Waals surface area (Å²) in [5.74, 6) is -4.32. The van der Waals surface area contributed by atoms with E-state index in [0.29, 0.717) is 16.9 Å². The maximum atomic E-state index is 14.2. The quantitative estimate of drug-likeness (QED) is 0.294. The number of rotatable bonds is 12. The van der Waals surface area contributed by atoms with E-state index in [-0.39, 0.29) is 72.5 Å². The molecule has 0 aliphatic carbocycles. The number of aliphatic hydroxyl groups excluding tert-OH is 2. The van der Waals surface area contributed by atoms with Crippen molar-refractivity contribution in [2.45, 2.75) is 64.2 Å². The van der Waals surface area contributed by atoms with Gasteiger partial charge in [-0.15, -0.1) is 0 Å². The average molecular weight is 570 g/mol. The van der Waals surface area contributed by atoms with Gasteiger partial charge in [0.15, 0.2) is 5.69 Å². The van der Waals surface area contributed by atoms with Crippen LogP contribution in [0.5, 0.6) is 0 Å². The molecule has 2 atom stereocenters. The van der Waals surface area contributed by atoms with Crippen molar-refractivity contribution in [3.63, 3.8) is 0 Å². The van der Waals surface area contributed by atoms with E-state index in [1.165, 1.54) is 42.1 Å². The zero-order valence-corrected chi connectivity index (χ0v) is 24.9. The summed E-state index contributed by atoms with van der Waals surface area (Å²) >= 11 is 0. The molecule has 3 rings (SSSR count). The molecule has 0 aliphatic heterocycles. The number of hydrogen-bond donors (Lipinski definition) is 2. The average Bonchev–Trinajstić information content (AvgIpc) is 3.24. The van der Waals surface area contributed by atoms with Crippen LogP contribution < -0.4 is 34.7 Å². The number of nitrogens with zero attached hydrogens (tertiary/aromatic N) is 3. The van der Waals surface area contributed by atoms with Crippen LogP contribution in [0.25, 0.3) is 5.69 Å². The van der Waals surface area contributed by atoms with E-state index in [2.05, 4.69) is 5.10 Å². The van der Waals surface area contributed by atoms with E-state index >= 15 is 0 Å². The number of hydrogen-bond acceptors (Lipinski definition) is 6. The summed E-state index contributed by atoms with van der Waals surface area (Å²) in [5.41, 5.74) is 1.29. The minimum absolute atomic E-state index is 0. The number of aromatic nitrogens is 2. The molecule has 2 N–H and O–H groups in total. The Labute approximate surface area is 252 Å². The number of carbonyl (C=O) groups is 2. The molecular weight excluding hydrogens is 538 g/mol. The van der Waals surface area contributed by atoms with Crippen LogP contribution >= 0.6 is 0 Å². The Balaban J connectivity index is 0.00000560. The number of amides is 1. The molecule has 8 nitrogen and oxygen atoms in total. The maximum Gasteiger partial charge on any atom is 1.00 e. The summed E-state index contributed by atoms with van der Waals surface area (Å²) in [6, 6.07) is 8.85. The van der Waals surface area contributed by atoms with Crippen molar-refractivity contribution in [2.24, 2.45) is 0 Å². The van der Waals surface area contributed by atoms with Crippen LogP contribution in [-0.4, -0.2) is 56.0 Å². The first-order valence-corrected chi connectivity index (χ1v) is 12.5. The summed E-state index contributed by atoms with van der Waals surface area (Å²) in [7, 11) is 1.40. The largest absolute Gasteiger partial charge is 1.00 e. The Kier molecular flexibility index (Phi) is 12.4. The molecule has 12 heteroatoms. The third kappa shape index (κ3) is 8.40. The fourth-order valence-electron chi connectivity index (χ4n) is 4.45. The molecule has 1 heterocycles. The number of carboxylic acid groups (broad SMARTS) is 1. The van der Waals surface area contributed by atoms with Gasteiger partial charge >= 0.3 is 29.6 Å². The summed E-state index contributed by atoms with van der Waals surface area (Å²) in [6.07, 6.45) is -2.90. The van der Waals surface area contributed by atoms with Gasteiger partial charge in [-0.1, -0.05) is 19.9 Å². The molecule has 3 aromatic rings. The zero-order chi connectivity index (χ0) is 28.9. The molecule has 2 aromatic carbocycles. The topological polar surface area (TPSA) is 119 Å². The van der Waals surface area contributed by atoms with E-state index < -0.39 is 48.0 Å². The van der Waals surface area contributed by atoms with Crippen LogP contribution in [0.2, 0.25) is 0 Å². The van der Waals surface area contributed by atoms with Crippen LogP contribution in [0.15, 0.2) is 42.5 Å². The van der Waals surface area contributed by atoms with Crippen molar-refractivity contribution in [3.8, 4) is 5.69 Å². The van der Waals surface area contributed by atoms with Crippen molar-refractivity contribution in [3.05, 3.63) is 82.4 Å². The maximum absolute atomic E-state index is 14.2. The van der Waals surface area contributed by atoms with Crippen molar-refractivity contribution in [1.82, 2.24) is 14.7 Å². The fourth-order valence-corrected chi connectivity index (χ4v) is 4.45. The van der Waals surface area contributed by atoms with Crippen LogP contribution in [0, 0.1) is 17.5 Å². The van der Waals surface area contributed by atoms with E-state index in [0.717, 1.165) is 17.0 Å². The van der Waals surface area contributed by atoms with Crippen LogP contribution in [0.3, 0.4) is 0 Å². The molecular formula is C28H31F3N3NaO5. The minimum atomic E-state index is -1.44. The first-order valence-electron chi connectivity index (χ1n) is 12.5. The molecule has 0 saturated carbocycles. The summed E-state index contributed by atoms with van der Waals surface area (Å²) in [4.78, 5) is 25.4. The van der Waals surface area contributed by atoms with Gasteiger partial charge in [0, 0.05) is 36.3 Å². The molecule has 40 heavy (non-hydrogen) atoms. The Morgan fingerprint density at radius 3 is 2.17 bits per heavy atom. The van der Waals surface area contributed by atoms with E-state index in [1.807, 2.05) is 13.8 Å². The number of aliphatic hydroxyl groups is 2. The summed E-state index contributed by atoms with van der Waals surface area (Å²) in [6.45, 7) is 3.33. The normalized spacial score (nSPS) is 12.6. The SMILES string of the molecule is CC(C)c1c(C(=O)N(C)Cc2c(F)cccc2F)nn(-c2ccc(F)cc2)c1CC[C@@H](O)C[C@@H](O)CC(=O)[O-].[Na+]. The Morgan fingerprint density at radius 2 is 1.62 bits per heavy atom. The number of carboxylic acids is 1. The minimum Gasteiger partial charge on any atom is -0.550 e. The van der Waals surface area contributed by atoms with Crippen LogP contribution in [0.1, 0.15) is 66.3 Å². The van der Waals surface area contributed by atoms with Crippen molar-refractivity contribution in [1.29, 1.82) is 0 Å². The number of benzene rings is 2. The van der Waals surface area contributed by atoms with Crippen LogP contribution in [-0.2, 0) is 17.8 Å². The molecule has 0 aliphatic rings. The second-order valence-electron chi connectivity index (χ2n) is 9.77. The van der Waals surface area contributed by atoms with Gasteiger partial charge in [-0.05, 0) is 61.6 Å². The molecule has 0 fully saturated rings. The van der Waals surface area contributed by atoms with Crippen molar-refractivity contribution >= 4 is 11.9 Å². The summed E-state index contributed by atoms with van der Waals surface area (Å²) < 4.78 is 43.6. The Hall–Kier alpha value is -2.70. The van der Waals surface area contributed by atoms with Gasteiger partial charge in [0.2, 0.25) is 0 Å². The van der Waals surface area contributed by atoms with Gasteiger partial charge < -0.3 is 25.0 Å². The second kappa shape index (κ2) is 14.8. The molecule has 0 bridgehead atoms. The fraction of sp³-hybridized carbons (Fsp3) is 0.393. The first kappa shape index (κ1) is 33.5. The van der Waals surface area contributed by atoms with Crippen LogP contribution in [0.4, 0.5) is 13.2 Å². The van der Waals surface area contributed by atoms with Gasteiger partial charge in [0.25, 0.3) is 5.91 Å². The molecule has 1 amide bonds. The van der Waals surface area contributed by atoms with Gasteiger partial charge in [-0.25, -0.2) is 17.9 Å². The zero-order valence-electron chi connectivity index (χ0n) is 22.9. The standard InChI is InChI=1S/C28H32F3N3O5.Na/c1-16(2)26-24(12-11-19(35)13-20(36)14-25(37)38)34(18-9-7-17(29)8-10-18)32-27(26)28(39)33(3)15-21-22(30)5-4-6-23(21)31;/h4-10,16,19-20,35-36H,11-15H2,1-3H3,(H,37,38);/q;+1/p-1/t19-,20-;/m1./s1. The van der Waals surface area contributed by atoms with E-state index in [4.69, 9.17) is 0 Å². The van der Waals surface area contributed by atoms with Crippen molar-refractivity contribution < 1.29 is 67.6 Å². The van der Waals surface area contributed by atoms with E-state index in [9.17, 15) is 38.1 Å². The van der Waals surface area contributed by atoms with Gasteiger partial charge in [-0.2, -0.15) is 5.10 Å². The monoisotopic (exact) mass is 569 g/mol. The smallest absolute Gasteiger partial charge is 0.550 e. The van der Waals surface area contributed by atoms with Gasteiger partial charge in [-0.3, -0.25) is 4.79 Å². The van der Waals surface area contributed by atoms with Gasteiger partial charge in [0.1, 0.15) is 17.5 Å². The Morgan fingerprint density at radius 1 is 1.02 bits per heavy atom.